The molecule has 0 bridgehead atoms. The van der Waals surface area contributed by atoms with Gasteiger partial charge in [0.2, 0.25) is 0 Å². The van der Waals surface area contributed by atoms with Gasteiger partial charge in [-0.15, -0.1) is 0 Å². The zero-order chi connectivity index (χ0) is 19.6. The highest BCUT2D eigenvalue weighted by Gasteiger charge is 2.34. The molecule has 1 N–H and O–H groups in total. The maximum atomic E-state index is 13.0. The van der Waals surface area contributed by atoms with Gasteiger partial charge in [-0.05, 0) is 47.9 Å². The van der Waals surface area contributed by atoms with Crippen LogP contribution in [0.2, 0.25) is 0 Å². The van der Waals surface area contributed by atoms with E-state index in [4.69, 9.17) is 22.1 Å². The molecule has 1 aliphatic heterocycles. The van der Waals surface area contributed by atoms with Crippen molar-refractivity contribution < 1.29 is 19.4 Å². The second-order valence-corrected chi connectivity index (χ2v) is 7.58. The third-order valence-corrected chi connectivity index (χ3v) is 5.64. The number of thioether (sulfide) groups is 1. The number of hydrogen-bond donors (Lipinski definition) is 1. The number of amides is 1. The Morgan fingerprint density at radius 1 is 1.22 bits per heavy atom. The molecule has 0 atom stereocenters. The van der Waals surface area contributed by atoms with Gasteiger partial charge in [0.05, 0.1) is 24.1 Å². The normalized spacial score (nSPS) is 15.9. The van der Waals surface area contributed by atoms with Gasteiger partial charge in [-0.3, -0.25) is 14.5 Å². The van der Waals surface area contributed by atoms with Crippen molar-refractivity contribution in [3.05, 3.63) is 64.6 Å². The summed E-state index contributed by atoms with van der Waals surface area (Å²) < 4.78 is 5.70. The molecule has 27 heavy (non-hydrogen) atoms. The number of carboxylic acid groups (broad SMARTS) is 1. The minimum Gasteiger partial charge on any atom is -0.497 e. The highest BCUT2D eigenvalue weighted by atomic mass is 32.2. The molecule has 2 aromatic rings. The van der Waals surface area contributed by atoms with Crippen LogP contribution in [0.4, 0.5) is 5.69 Å². The number of carboxylic acids is 1. The van der Waals surface area contributed by atoms with E-state index in [1.807, 2.05) is 31.2 Å². The lowest BCUT2D eigenvalue weighted by molar-refractivity contribution is -0.136. The first-order valence-corrected chi connectivity index (χ1v) is 9.35. The minimum absolute atomic E-state index is 0.0620. The molecule has 1 amide bonds. The van der Waals surface area contributed by atoms with Crippen molar-refractivity contribution in [1.82, 2.24) is 0 Å². The second kappa shape index (κ2) is 7.94. The van der Waals surface area contributed by atoms with E-state index in [1.165, 1.54) is 16.7 Å². The summed E-state index contributed by atoms with van der Waals surface area (Å²) in [6, 6.07) is 14.3. The van der Waals surface area contributed by atoms with Crippen molar-refractivity contribution in [1.29, 1.82) is 0 Å². The molecule has 1 saturated heterocycles. The van der Waals surface area contributed by atoms with Crippen molar-refractivity contribution in [2.45, 2.75) is 13.3 Å². The molecule has 0 unspecified atom stereocenters. The van der Waals surface area contributed by atoms with Crippen molar-refractivity contribution in [3.63, 3.8) is 0 Å². The molecule has 0 radical (unpaired) electrons. The average molecular weight is 399 g/mol. The van der Waals surface area contributed by atoms with Crippen LogP contribution in [-0.2, 0) is 16.0 Å². The van der Waals surface area contributed by atoms with E-state index in [-0.39, 0.29) is 12.3 Å². The Morgan fingerprint density at radius 3 is 2.56 bits per heavy atom. The predicted molar refractivity (Wildman–Crippen MR) is 111 cm³/mol. The molecule has 1 fully saturated rings. The van der Waals surface area contributed by atoms with Crippen LogP contribution in [0.25, 0.3) is 5.57 Å². The van der Waals surface area contributed by atoms with E-state index >= 15 is 0 Å². The van der Waals surface area contributed by atoms with Gasteiger partial charge in [-0.25, -0.2) is 0 Å². The summed E-state index contributed by atoms with van der Waals surface area (Å²) in [6.07, 6.45) is -0.0620. The molecule has 138 valence electrons. The first-order chi connectivity index (χ1) is 12.9. The molecule has 5 nitrogen and oxygen atoms in total. The number of carbonyl (C=O) groups is 2. The molecular formula is C20H17NO4S2. The van der Waals surface area contributed by atoms with E-state index in [1.54, 1.807) is 31.4 Å². The van der Waals surface area contributed by atoms with Crippen LogP contribution in [0.15, 0.2) is 53.4 Å². The molecule has 7 heteroatoms. The van der Waals surface area contributed by atoms with Gasteiger partial charge in [-0.2, -0.15) is 0 Å². The highest BCUT2D eigenvalue weighted by Crippen LogP contribution is 2.39. The molecule has 0 aliphatic carbocycles. The quantitative estimate of drug-likeness (QED) is 0.603. The maximum Gasteiger partial charge on any atom is 0.307 e. The standard InChI is InChI=1S/C20H17NO4S2/c1-12(14-4-3-5-16(11-14)25-2)18-19(24)21(20(26)27-18)15-8-6-13(7-9-15)10-17(22)23/h3-9,11H,10H2,1-2H3,(H,22,23)/b18-12-. The van der Waals surface area contributed by atoms with Gasteiger partial charge >= 0.3 is 5.97 Å². The topological polar surface area (TPSA) is 66.8 Å². The monoisotopic (exact) mass is 399 g/mol. The molecule has 0 saturated carbocycles. The smallest absolute Gasteiger partial charge is 0.307 e. The van der Waals surface area contributed by atoms with Gasteiger partial charge in [0.25, 0.3) is 5.91 Å². The Morgan fingerprint density at radius 2 is 1.93 bits per heavy atom. The van der Waals surface area contributed by atoms with Crippen LogP contribution < -0.4 is 9.64 Å². The van der Waals surface area contributed by atoms with Gasteiger partial charge in [0.1, 0.15) is 5.75 Å². The molecule has 0 aromatic heterocycles. The largest absolute Gasteiger partial charge is 0.497 e. The summed E-state index contributed by atoms with van der Waals surface area (Å²) in [6.45, 7) is 1.89. The van der Waals surface area contributed by atoms with Crippen molar-refractivity contribution >= 4 is 51.4 Å². The fourth-order valence-electron chi connectivity index (χ4n) is 2.75. The lowest BCUT2D eigenvalue weighted by Gasteiger charge is -2.15. The predicted octanol–water partition coefficient (Wildman–Crippen LogP) is 4.12. The maximum absolute atomic E-state index is 13.0. The zero-order valence-electron chi connectivity index (χ0n) is 14.8. The van der Waals surface area contributed by atoms with Crippen LogP contribution in [0, 0.1) is 0 Å². The number of ether oxygens (including phenoxy) is 1. The SMILES string of the molecule is COc1cccc(/C(C)=C2\SC(=S)N(c3ccc(CC(=O)O)cc3)C2=O)c1. The number of carbonyl (C=O) groups excluding carboxylic acids is 1. The first kappa shape index (κ1) is 19.1. The average Bonchev–Trinajstić information content (AvgIpc) is 2.96. The third kappa shape index (κ3) is 4.04. The Balaban J connectivity index is 1.91. The Bertz CT molecular complexity index is 951. The summed E-state index contributed by atoms with van der Waals surface area (Å²) in [5.74, 6) is -0.363. The number of hydrogen-bond acceptors (Lipinski definition) is 5. The van der Waals surface area contributed by atoms with Crippen LogP contribution in [0.1, 0.15) is 18.1 Å². The number of anilines is 1. The number of allylic oxidation sites excluding steroid dienone is 1. The van der Waals surface area contributed by atoms with Crippen LogP contribution >= 0.6 is 24.0 Å². The summed E-state index contributed by atoms with van der Waals surface area (Å²) in [5.41, 5.74) is 3.02. The Hall–Kier alpha value is -2.64. The minimum atomic E-state index is -0.898. The lowest BCUT2D eigenvalue weighted by atomic mass is 10.1. The molecule has 3 rings (SSSR count). The van der Waals surface area contributed by atoms with E-state index in [0.717, 1.165) is 16.9 Å². The third-order valence-electron chi connectivity index (χ3n) is 4.16. The number of methoxy groups -OCH3 is 1. The van der Waals surface area contributed by atoms with Crippen LogP contribution in [0.3, 0.4) is 0 Å². The number of nitrogens with zero attached hydrogens (tertiary/aromatic N) is 1. The van der Waals surface area contributed by atoms with Gasteiger partial charge < -0.3 is 9.84 Å². The first-order valence-electron chi connectivity index (χ1n) is 8.13. The summed E-state index contributed by atoms with van der Waals surface area (Å²) in [4.78, 5) is 25.8. The Kier molecular flexibility index (Phi) is 5.62. The van der Waals surface area contributed by atoms with E-state index in [9.17, 15) is 9.59 Å². The van der Waals surface area contributed by atoms with Crippen molar-refractivity contribution in [3.8, 4) is 5.75 Å². The molecule has 1 aliphatic rings. The van der Waals surface area contributed by atoms with E-state index in [0.29, 0.717) is 20.5 Å². The van der Waals surface area contributed by atoms with Crippen LogP contribution in [-0.4, -0.2) is 28.4 Å². The van der Waals surface area contributed by atoms with Crippen molar-refractivity contribution in [2.24, 2.45) is 0 Å². The molecule has 0 spiro atoms. The van der Waals surface area contributed by atoms with Crippen LogP contribution in [0.5, 0.6) is 5.75 Å². The van der Waals surface area contributed by atoms with Gasteiger partial charge in [0.15, 0.2) is 4.32 Å². The fourth-order valence-corrected chi connectivity index (χ4v) is 4.09. The van der Waals surface area contributed by atoms with Gasteiger partial charge in [-0.1, -0.05) is 48.2 Å². The number of rotatable bonds is 5. The molecule has 1 heterocycles. The lowest BCUT2D eigenvalue weighted by Crippen LogP contribution is -2.27. The molecular weight excluding hydrogens is 382 g/mol. The fraction of sp³-hybridized carbons (Fsp3) is 0.150. The van der Waals surface area contributed by atoms with E-state index in [2.05, 4.69) is 0 Å². The number of aliphatic carboxylic acids is 1. The summed E-state index contributed by atoms with van der Waals surface area (Å²) >= 11 is 6.67. The molecule has 2 aromatic carbocycles. The summed E-state index contributed by atoms with van der Waals surface area (Å²) in [7, 11) is 1.60. The zero-order valence-corrected chi connectivity index (χ0v) is 16.4. The number of thiocarbonyl (C=S) groups is 1. The Labute approximate surface area is 166 Å². The van der Waals surface area contributed by atoms with E-state index < -0.39 is 5.97 Å². The summed E-state index contributed by atoms with van der Waals surface area (Å²) in [5, 5.41) is 8.87. The van der Waals surface area contributed by atoms with Crippen molar-refractivity contribution in [2.75, 3.05) is 12.0 Å². The number of benzene rings is 2. The second-order valence-electron chi connectivity index (χ2n) is 5.93. The van der Waals surface area contributed by atoms with Gasteiger partial charge in [0, 0.05) is 0 Å². The highest BCUT2D eigenvalue weighted by molar-refractivity contribution is 8.27.